The van der Waals surface area contributed by atoms with E-state index in [1.54, 1.807) is 83.3 Å². The van der Waals surface area contributed by atoms with Crippen LogP contribution in [-0.2, 0) is 22.4 Å². The molecule has 2 aliphatic rings. The second kappa shape index (κ2) is 16.2. The second-order valence-electron chi connectivity index (χ2n) is 16.9. The Morgan fingerprint density at radius 1 is 0.852 bits per heavy atom. The van der Waals surface area contributed by atoms with Gasteiger partial charge >= 0.3 is 0 Å². The molecule has 2 fully saturated rings. The van der Waals surface area contributed by atoms with Gasteiger partial charge in [-0.1, -0.05) is 0 Å². The third kappa shape index (κ3) is 9.28. The highest BCUT2D eigenvalue weighted by atomic mass is 16.3. The molecule has 1 unspecified atom stereocenters. The Morgan fingerprint density at radius 3 is 2.05 bits per heavy atom. The van der Waals surface area contributed by atoms with Gasteiger partial charge in [0, 0.05) is 104 Å². The Hall–Kier alpha value is -6.96. The summed E-state index contributed by atoms with van der Waals surface area (Å²) in [4.78, 5) is 57.1. The summed E-state index contributed by atoms with van der Waals surface area (Å²) in [5.74, 6) is 0.411. The van der Waals surface area contributed by atoms with E-state index >= 15 is 0 Å². The summed E-state index contributed by atoms with van der Waals surface area (Å²) >= 11 is 0. The monoisotopic (exact) mass is 818 g/mol. The number of nitrogens with zero attached hydrogens (tertiary/aromatic N) is 8. The molecule has 0 aromatic carbocycles. The van der Waals surface area contributed by atoms with Crippen molar-refractivity contribution in [1.29, 1.82) is 5.26 Å². The maximum Gasteiger partial charge on any atom is 0.230 e. The zero-order valence-corrected chi connectivity index (χ0v) is 34.2. The third-order valence-corrected chi connectivity index (χ3v) is 11.0. The summed E-state index contributed by atoms with van der Waals surface area (Å²) in [5, 5.41) is 43.7. The van der Waals surface area contributed by atoms with Crippen LogP contribution in [0.1, 0.15) is 44.7 Å². The number of rotatable bonds is 14. The van der Waals surface area contributed by atoms with Crippen molar-refractivity contribution in [2.45, 2.75) is 57.7 Å². The van der Waals surface area contributed by atoms with E-state index in [9.17, 15) is 19.8 Å². The number of amides is 2. The van der Waals surface area contributed by atoms with Gasteiger partial charge in [-0.25, -0.2) is 19.9 Å². The molecule has 6 aromatic heterocycles. The number of nitrogen functional groups attached to an aromatic ring is 1. The fraction of sp³-hybridized carbons (Fsp3) is 0.333. The fourth-order valence-corrected chi connectivity index (χ4v) is 7.64. The molecule has 0 spiro atoms. The smallest absolute Gasteiger partial charge is 0.230 e. The van der Waals surface area contributed by atoms with Crippen LogP contribution in [0.3, 0.4) is 0 Å². The van der Waals surface area contributed by atoms with E-state index < -0.39 is 11.2 Å². The number of nitrogens with one attached hydrogen (secondary N) is 3. The van der Waals surface area contributed by atoms with Gasteiger partial charge in [-0.15, -0.1) is 0 Å². The molecule has 2 amide bonds. The van der Waals surface area contributed by atoms with Gasteiger partial charge < -0.3 is 36.9 Å². The largest absolute Gasteiger partial charge is 0.390 e. The molecular weight excluding hydrogens is 773 g/mol. The first-order valence-electron chi connectivity index (χ1n) is 20.0. The number of aromatic nitrogens is 6. The van der Waals surface area contributed by atoms with Gasteiger partial charge in [-0.2, -0.15) is 5.26 Å². The number of anilines is 4. The van der Waals surface area contributed by atoms with Crippen LogP contribution in [0.2, 0.25) is 0 Å². The molecule has 61 heavy (non-hydrogen) atoms. The van der Waals surface area contributed by atoms with Crippen LogP contribution in [0.15, 0.2) is 78.6 Å². The van der Waals surface area contributed by atoms with Crippen LogP contribution in [0.5, 0.6) is 0 Å². The molecule has 0 radical (unpaired) electrons. The number of aliphatic hydroxyl groups is 2. The summed E-state index contributed by atoms with van der Waals surface area (Å²) in [6.45, 7) is 5.28. The van der Waals surface area contributed by atoms with Crippen molar-refractivity contribution < 1.29 is 19.8 Å². The van der Waals surface area contributed by atoms with Crippen molar-refractivity contribution in [1.82, 2.24) is 29.9 Å². The summed E-state index contributed by atoms with van der Waals surface area (Å²) < 4.78 is 0. The van der Waals surface area contributed by atoms with Gasteiger partial charge in [0.05, 0.1) is 40.5 Å². The van der Waals surface area contributed by atoms with E-state index in [1.165, 1.54) is 0 Å². The van der Waals surface area contributed by atoms with Crippen LogP contribution < -0.4 is 21.7 Å². The predicted octanol–water partition coefficient (Wildman–Crippen LogP) is 5.37. The molecule has 7 N–H and O–H groups in total. The number of carbonyl (C=O) groups excluding carboxylic acids is 2. The lowest BCUT2D eigenvalue weighted by Crippen LogP contribution is -2.36. The number of aliphatic imine (C=N–C) groups is 1. The van der Waals surface area contributed by atoms with E-state index in [1.807, 2.05) is 24.3 Å². The lowest BCUT2D eigenvalue weighted by Gasteiger charge is -2.26. The predicted molar refractivity (Wildman–Crippen MR) is 233 cm³/mol. The normalized spacial score (nSPS) is 19.3. The van der Waals surface area contributed by atoms with Crippen molar-refractivity contribution in [3.8, 4) is 28.6 Å². The highest BCUT2D eigenvalue weighted by molar-refractivity contribution is 6.01. The van der Waals surface area contributed by atoms with Crippen molar-refractivity contribution in [2.75, 3.05) is 35.3 Å². The summed E-state index contributed by atoms with van der Waals surface area (Å²) in [7, 11) is 1.70. The van der Waals surface area contributed by atoms with Crippen LogP contribution in [0.25, 0.3) is 44.1 Å². The van der Waals surface area contributed by atoms with Crippen LogP contribution >= 0.6 is 0 Å². The molecule has 310 valence electrons. The first-order chi connectivity index (χ1) is 29.2. The SMILES string of the molecule is C/N=C/[C@@H]1C[C@H]1C(=O)Nc1cc2cc(-c3cnccc3CC(C)(C)O)nc(NCC(C)(O)Cc3ccncc3-c3cc4cc(NC(=O)[C@H]5C[C@@H]5C#N)ncc4c(N)n3)c2cn1. The first-order valence-corrected chi connectivity index (χ1v) is 20.0. The van der Waals surface area contributed by atoms with Crippen molar-refractivity contribution in [3.63, 3.8) is 0 Å². The topological polar surface area (TPSA) is 250 Å². The molecule has 6 heterocycles. The second-order valence-corrected chi connectivity index (χ2v) is 16.9. The van der Waals surface area contributed by atoms with Crippen molar-refractivity contribution in [3.05, 3.63) is 84.7 Å². The van der Waals surface area contributed by atoms with Gasteiger partial charge in [0.15, 0.2) is 0 Å². The van der Waals surface area contributed by atoms with Crippen LogP contribution in [0, 0.1) is 35.0 Å². The highest BCUT2D eigenvalue weighted by Gasteiger charge is 2.43. The molecule has 0 saturated heterocycles. The standard InChI is InChI=1S/C45H46N12O4/c1-44(2,60)15-24-5-7-49-19-32(24)37-12-27-14-39(57-43(59)31-10-29(31)18-48-4)52-22-35(27)41(55-37)53-23-45(3,61)16-25-6-8-50-20-33(25)36-11-26-13-38(51-21-34(26)40(47)54-36)56-42(58)30-9-28(30)17-46/h5-8,11-14,18-22,28-31,60-61H,9-10,15-16,23H2,1-4H3,(H2,47,54)(H,53,55)(H,51,56,58)(H,52,57,59)/b48-18+/t28-,29+,30+,31-,45?/m1/s1. The number of hydrogen-bond donors (Lipinski definition) is 6. The minimum atomic E-state index is -1.34. The Kier molecular flexibility index (Phi) is 10.9. The number of fused-ring (bicyclic) bond motifs is 2. The lowest BCUT2D eigenvalue weighted by atomic mass is 9.92. The minimum absolute atomic E-state index is 0.0695. The zero-order valence-electron chi connectivity index (χ0n) is 34.2. The van der Waals surface area contributed by atoms with Crippen molar-refractivity contribution in [2.24, 2.45) is 28.7 Å². The van der Waals surface area contributed by atoms with E-state index in [2.05, 4.69) is 51.9 Å². The van der Waals surface area contributed by atoms with Crippen LogP contribution in [0.4, 0.5) is 23.3 Å². The number of carbonyl (C=O) groups is 2. The average molecular weight is 819 g/mol. The molecule has 16 nitrogen and oxygen atoms in total. The minimum Gasteiger partial charge on any atom is -0.390 e. The number of hydrogen-bond acceptors (Lipinski definition) is 14. The molecule has 16 heteroatoms. The Labute approximate surface area is 351 Å². The molecule has 8 rings (SSSR count). The average Bonchev–Trinajstić information content (AvgIpc) is 4.16. The summed E-state index contributed by atoms with van der Waals surface area (Å²) in [6, 6.07) is 13.1. The van der Waals surface area contributed by atoms with Gasteiger partial charge in [0.1, 0.15) is 23.3 Å². The molecule has 5 atom stereocenters. The molecule has 2 aliphatic carbocycles. The Morgan fingerprint density at radius 2 is 1.44 bits per heavy atom. The van der Waals surface area contributed by atoms with E-state index in [4.69, 9.17) is 16.0 Å². The van der Waals surface area contributed by atoms with Crippen molar-refractivity contribution >= 4 is 62.8 Å². The first kappa shape index (κ1) is 40.8. The Bertz CT molecular complexity index is 2760. The van der Waals surface area contributed by atoms with E-state index in [0.29, 0.717) is 63.4 Å². The number of nitrogens with two attached hydrogens (primary N) is 1. The Balaban J connectivity index is 1.07. The molecule has 6 aromatic rings. The number of pyridine rings is 6. The molecule has 0 aliphatic heterocycles. The lowest BCUT2D eigenvalue weighted by molar-refractivity contribution is -0.118. The quantitative estimate of drug-likeness (QED) is 0.0758. The summed E-state index contributed by atoms with van der Waals surface area (Å²) in [6.07, 6.45) is 13.5. The summed E-state index contributed by atoms with van der Waals surface area (Å²) in [5.41, 5.74) is 8.21. The highest BCUT2D eigenvalue weighted by Crippen LogP contribution is 2.40. The molecule has 2 saturated carbocycles. The third-order valence-electron chi connectivity index (χ3n) is 11.0. The number of nitriles is 1. The maximum absolute atomic E-state index is 13.0. The molecule has 0 bridgehead atoms. The van der Waals surface area contributed by atoms with Gasteiger partial charge in [-0.05, 0) is 91.9 Å². The van der Waals surface area contributed by atoms with Gasteiger partial charge in [0.25, 0.3) is 0 Å². The van der Waals surface area contributed by atoms with E-state index in [-0.39, 0.29) is 54.3 Å². The van der Waals surface area contributed by atoms with Gasteiger partial charge in [-0.3, -0.25) is 19.6 Å². The zero-order chi connectivity index (χ0) is 43.1. The molecular formula is C45H46N12O4. The van der Waals surface area contributed by atoms with Gasteiger partial charge in [0.2, 0.25) is 11.8 Å². The maximum atomic E-state index is 13.0. The van der Waals surface area contributed by atoms with E-state index in [0.717, 1.165) is 28.5 Å². The van der Waals surface area contributed by atoms with Crippen LogP contribution in [-0.4, -0.2) is 82.9 Å². The fourth-order valence-electron chi connectivity index (χ4n) is 7.64.